The summed E-state index contributed by atoms with van der Waals surface area (Å²) in [6.45, 7) is 0. The van der Waals surface area contributed by atoms with Crippen LogP contribution in [-0.4, -0.2) is 16.7 Å². The summed E-state index contributed by atoms with van der Waals surface area (Å²) >= 11 is 11.9. The average Bonchev–Trinajstić information content (AvgIpc) is 2.68. The van der Waals surface area contributed by atoms with Gasteiger partial charge in [0, 0.05) is 22.8 Å². The highest BCUT2D eigenvalue weighted by atomic mass is 35.5. The smallest absolute Gasteiger partial charge is 0.271 e. The van der Waals surface area contributed by atoms with Gasteiger partial charge in [-0.3, -0.25) is 19.7 Å². The van der Waals surface area contributed by atoms with Gasteiger partial charge in [0.25, 0.3) is 17.5 Å². The molecule has 7 nitrogen and oxygen atoms in total. The number of nitro benzene ring substituents is 1. The van der Waals surface area contributed by atoms with E-state index in [-0.39, 0.29) is 33.2 Å². The molecule has 146 valence electrons. The molecule has 2 amide bonds. The fraction of sp³-hybridized carbons (Fsp3) is 0. The van der Waals surface area contributed by atoms with Crippen molar-refractivity contribution in [2.45, 2.75) is 0 Å². The maximum atomic E-state index is 12.7. The Balaban J connectivity index is 1.83. The van der Waals surface area contributed by atoms with Crippen molar-refractivity contribution < 1.29 is 14.5 Å². The number of anilines is 2. The predicted octanol–water partition coefficient (Wildman–Crippen LogP) is 5.41. The number of rotatable bonds is 5. The molecular formula is C20H13Cl2N3O4. The molecule has 0 unspecified atom stereocenters. The van der Waals surface area contributed by atoms with E-state index < -0.39 is 16.7 Å². The van der Waals surface area contributed by atoms with E-state index in [1.165, 1.54) is 48.5 Å². The largest absolute Gasteiger partial charge is 0.322 e. The molecule has 2 N–H and O–H groups in total. The molecule has 0 radical (unpaired) electrons. The van der Waals surface area contributed by atoms with Gasteiger partial charge in [-0.25, -0.2) is 0 Å². The Morgan fingerprint density at radius 3 is 2.28 bits per heavy atom. The van der Waals surface area contributed by atoms with Crippen LogP contribution in [0.15, 0.2) is 66.7 Å². The van der Waals surface area contributed by atoms with Crippen LogP contribution < -0.4 is 10.6 Å². The zero-order valence-electron chi connectivity index (χ0n) is 14.7. The number of carbonyl (C=O) groups excluding carboxylic acids is 2. The number of hydrogen-bond donors (Lipinski definition) is 2. The van der Waals surface area contributed by atoms with E-state index in [9.17, 15) is 19.7 Å². The molecule has 0 aromatic heterocycles. The Bertz CT molecular complexity index is 1120. The van der Waals surface area contributed by atoms with E-state index in [0.717, 1.165) is 0 Å². The number of amides is 2. The number of nitrogens with one attached hydrogen (secondary N) is 2. The summed E-state index contributed by atoms with van der Waals surface area (Å²) in [5, 5.41) is 16.7. The summed E-state index contributed by atoms with van der Waals surface area (Å²) in [4.78, 5) is 35.6. The van der Waals surface area contributed by atoms with Crippen LogP contribution in [0, 0.1) is 10.1 Å². The highest BCUT2D eigenvalue weighted by Gasteiger charge is 2.17. The van der Waals surface area contributed by atoms with Crippen molar-refractivity contribution >= 4 is 52.1 Å². The third kappa shape index (κ3) is 4.90. The van der Waals surface area contributed by atoms with Gasteiger partial charge < -0.3 is 10.6 Å². The number of nitro groups is 1. The normalized spacial score (nSPS) is 10.3. The van der Waals surface area contributed by atoms with Gasteiger partial charge in [0.2, 0.25) is 0 Å². The predicted molar refractivity (Wildman–Crippen MR) is 112 cm³/mol. The van der Waals surface area contributed by atoms with Gasteiger partial charge >= 0.3 is 0 Å². The van der Waals surface area contributed by atoms with Crippen LogP contribution >= 0.6 is 23.2 Å². The zero-order chi connectivity index (χ0) is 21.0. The van der Waals surface area contributed by atoms with Crippen molar-refractivity contribution in [1.29, 1.82) is 0 Å². The van der Waals surface area contributed by atoms with E-state index >= 15 is 0 Å². The Hall–Kier alpha value is -3.42. The third-order valence-electron chi connectivity index (χ3n) is 3.91. The Labute approximate surface area is 175 Å². The number of non-ortho nitro benzene ring substituents is 1. The first-order valence-electron chi connectivity index (χ1n) is 8.26. The van der Waals surface area contributed by atoms with Gasteiger partial charge in [-0.1, -0.05) is 41.4 Å². The average molecular weight is 430 g/mol. The van der Waals surface area contributed by atoms with Crippen LogP contribution in [-0.2, 0) is 0 Å². The topological polar surface area (TPSA) is 101 Å². The molecule has 0 heterocycles. The third-order valence-corrected chi connectivity index (χ3v) is 4.46. The molecule has 29 heavy (non-hydrogen) atoms. The standard InChI is InChI=1S/C20H13Cl2N3O4/c21-12-8-9-15(17(22)10-12)19(26)24-18-7-2-1-6-16(18)20(27)23-13-4-3-5-14(11-13)25(28)29/h1-11H,(H,23,27)(H,24,26). The summed E-state index contributed by atoms with van der Waals surface area (Å²) in [6.07, 6.45) is 0. The van der Waals surface area contributed by atoms with E-state index in [2.05, 4.69) is 10.6 Å². The molecule has 0 fully saturated rings. The molecule has 0 aliphatic heterocycles. The minimum Gasteiger partial charge on any atom is -0.322 e. The molecule has 0 saturated carbocycles. The van der Waals surface area contributed by atoms with Crippen LogP contribution in [0.5, 0.6) is 0 Å². The molecule has 0 bridgehead atoms. The fourth-order valence-electron chi connectivity index (χ4n) is 2.55. The minimum absolute atomic E-state index is 0.151. The van der Waals surface area contributed by atoms with Crippen molar-refractivity contribution in [2.24, 2.45) is 0 Å². The second-order valence-electron chi connectivity index (χ2n) is 5.89. The summed E-state index contributed by atoms with van der Waals surface area (Å²) in [7, 11) is 0. The maximum Gasteiger partial charge on any atom is 0.271 e. The van der Waals surface area contributed by atoms with Crippen molar-refractivity contribution in [2.75, 3.05) is 10.6 Å². The number of para-hydroxylation sites is 1. The SMILES string of the molecule is O=C(Nc1ccccc1C(=O)Nc1cccc([N+](=O)[O-])c1)c1ccc(Cl)cc1Cl. The lowest BCUT2D eigenvalue weighted by molar-refractivity contribution is -0.384. The van der Waals surface area contributed by atoms with Gasteiger partial charge in [0.1, 0.15) is 0 Å². The van der Waals surface area contributed by atoms with E-state index in [1.807, 2.05) is 0 Å². The van der Waals surface area contributed by atoms with Gasteiger partial charge in [0.05, 0.1) is 26.8 Å². The highest BCUT2D eigenvalue weighted by Crippen LogP contribution is 2.24. The molecule has 0 saturated heterocycles. The molecule has 9 heteroatoms. The first-order valence-corrected chi connectivity index (χ1v) is 9.02. The van der Waals surface area contributed by atoms with Crippen molar-refractivity contribution in [3.63, 3.8) is 0 Å². The monoisotopic (exact) mass is 429 g/mol. The molecule has 0 spiro atoms. The number of hydrogen-bond acceptors (Lipinski definition) is 4. The summed E-state index contributed by atoms with van der Waals surface area (Å²) < 4.78 is 0. The van der Waals surface area contributed by atoms with Crippen molar-refractivity contribution in [1.82, 2.24) is 0 Å². The second-order valence-corrected chi connectivity index (χ2v) is 6.73. The number of benzene rings is 3. The van der Waals surface area contributed by atoms with E-state index in [4.69, 9.17) is 23.2 Å². The molecule has 0 aliphatic carbocycles. The number of halogens is 2. The molecule has 3 aromatic carbocycles. The van der Waals surface area contributed by atoms with Gasteiger partial charge in [-0.2, -0.15) is 0 Å². The summed E-state index contributed by atoms with van der Waals surface area (Å²) in [5.74, 6) is -1.05. The Morgan fingerprint density at radius 1 is 0.828 bits per heavy atom. The molecule has 0 aliphatic rings. The van der Waals surface area contributed by atoms with Crippen LogP contribution in [0.3, 0.4) is 0 Å². The highest BCUT2D eigenvalue weighted by molar-refractivity contribution is 6.37. The molecule has 3 aromatic rings. The van der Waals surface area contributed by atoms with Crippen molar-refractivity contribution in [3.8, 4) is 0 Å². The molecular weight excluding hydrogens is 417 g/mol. The van der Waals surface area contributed by atoms with Gasteiger partial charge in [0.15, 0.2) is 0 Å². The number of carbonyl (C=O) groups is 2. The Kier molecular flexibility index (Phi) is 6.11. The van der Waals surface area contributed by atoms with Crippen LogP contribution in [0.25, 0.3) is 0 Å². The molecule has 3 rings (SSSR count). The van der Waals surface area contributed by atoms with E-state index in [0.29, 0.717) is 5.02 Å². The molecule has 0 atom stereocenters. The second kappa shape index (κ2) is 8.72. The Morgan fingerprint density at radius 2 is 1.55 bits per heavy atom. The quantitative estimate of drug-likeness (QED) is 0.418. The van der Waals surface area contributed by atoms with Crippen LogP contribution in [0.4, 0.5) is 17.1 Å². The minimum atomic E-state index is -0.556. The number of nitrogens with zero attached hydrogens (tertiary/aromatic N) is 1. The first-order chi connectivity index (χ1) is 13.8. The zero-order valence-corrected chi connectivity index (χ0v) is 16.2. The van der Waals surface area contributed by atoms with Gasteiger partial charge in [-0.15, -0.1) is 0 Å². The van der Waals surface area contributed by atoms with E-state index in [1.54, 1.807) is 18.2 Å². The first kappa shape index (κ1) is 20.3. The van der Waals surface area contributed by atoms with Crippen molar-refractivity contribution in [3.05, 3.63) is 98.0 Å². The lowest BCUT2D eigenvalue weighted by atomic mass is 10.1. The van der Waals surface area contributed by atoms with Crippen LogP contribution in [0.1, 0.15) is 20.7 Å². The van der Waals surface area contributed by atoms with Gasteiger partial charge in [-0.05, 0) is 36.4 Å². The van der Waals surface area contributed by atoms with Crippen LogP contribution in [0.2, 0.25) is 10.0 Å². The lowest BCUT2D eigenvalue weighted by Gasteiger charge is -2.12. The summed E-state index contributed by atoms with van der Waals surface area (Å²) in [5.41, 5.74) is 0.738. The summed E-state index contributed by atoms with van der Waals surface area (Å²) in [6, 6.07) is 16.4. The maximum absolute atomic E-state index is 12.7. The lowest BCUT2D eigenvalue weighted by Crippen LogP contribution is -2.18. The fourth-order valence-corrected chi connectivity index (χ4v) is 3.04.